The molecule has 0 aliphatic heterocycles. The molecule has 0 aliphatic carbocycles. The third-order valence-corrected chi connectivity index (χ3v) is 4.92. The number of aliphatic imine (C=N–C) groups is 1. The zero-order valence-electron chi connectivity index (χ0n) is 13.6. The molecule has 1 aromatic rings. The van der Waals surface area contributed by atoms with E-state index in [-0.39, 0.29) is 0 Å². The van der Waals surface area contributed by atoms with Crippen LogP contribution < -0.4 is 10.6 Å². The van der Waals surface area contributed by atoms with Crippen LogP contribution in [0.25, 0.3) is 0 Å². The molecule has 1 heterocycles. The summed E-state index contributed by atoms with van der Waals surface area (Å²) in [4.78, 5) is 7.91. The molecule has 2 N–H and O–H groups in total. The second kappa shape index (κ2) is 10.9. The maximum absolute atomic E-state index is 4.29. The van der Waals surface area contributed by atoms with Gasteiger partial charge in [0.15, 0.2) is 5.96 Å². The highest BCUT2D eigenvalue weighted by Gasteiger charge is 2.15. The molecule has 1 unspecified atom stereocenters. The van der Waals surface area contributed by atoms with Crippen LogP contribution >= 0.6 is 23.1 Å². The highest BCUT2D eigenvalue weighted by Crippen LogP contribution is 2.22. The van der Waals surface area contributed by atoms with Crippen molar-refractivity contribution in [1.82, 2.24) is 15.5 Å². The monoisotopic (exact) mass is 328 g/mol. The number of hydrogen-bond donors (Lipinski definition) is 2. The van der Waals surface area contributed by atoms with E-state index in [0.717, 1.165) is 19.0 Å². The summed E-state index contributed by atoms with van der Waals surface area (Å²) in [6.45, 7) is 1.84. The summed E-state index contributed by atoms with van der Waals surface area (Å²) in [6, 6.07) is 4.67. The summed E-state index contributed by atoms with van der Waals surface area (Å²) in [5.74, 6) is 2.12. The minimum absolute atomic E-state index is 0.375. The molecule has 0 aliphatic rings. The molecule has 0 aromatic carbocycles. The third kappa shape index (κ3) is 7.20. The lowest BCUT2D eigenvalue weighted by atomic mass is 10.2. The summed E-state index contributed by atoms with van der Waals surface area (Å²) in [6.07, 6.45) is 4.59. The van der Waals surface area contributed by atoms with Gasteiger partial charge in [0, 0.05) is 25.0 Å². The van der Waals surface area contributed by atoms with Crippen LogP contribution in [0.4, 0.5) is 0 Å². The van der Waals surface area contributed by atoms with E-state index < -0.39 is 0 Å². The van der Waals surface area contributed by atoms with Gasteiger partial charge in [0.05, 0.1) is 6.04 Å². The molecule has 120 valence electrons. The summed E-state index contributed by atoms with van der Waals surface area (Å²) < 4.78 is 0. The average Bonchev–Trinajstić information content (AvgIpc) is 2.98. The molecule has 0 saturated carbocycles. The van der Waals surface area contributed by atoms with Crippen LogP contribution in [-0.2, 0) is 0 Å². The van der Waals surface area contributed by atoms with Crippen LogP contribution in [0.5, 0.6) is 0 Å². The molecule has 6 heteroatoms. The molecular formula is C15H28N4S2. The fraction of sp³-hybridized carbons (Fsp3) is 0.667. The van der Waals surface area contributed by atoms with E-state index in [9.17, 15) is 0 Å². The number of thiophene rings is 1. The second-order valence-corrected chi connectivity index (χ2v) is 7.04. The molecule has 0 spiro atoms. The van der Waals surface area contributed by atoms with E-state index in [1.165, 1.54) is 23.5 Å². The van der Waals surface area contributed by atoms with E-state index in [2.05, 4.69) is 58.4 Å². The SMILES string of the molecule is CN=C(NCCCCSC)NCC(c1cccs1)N(C)C. The highest BCUT2D eigenvalue weighted by molar-refractivity contribution is 7.98. The van der Waals surface area contributed by atoms with Gasteiger partial charge in [-0.3, -0.25) is 4.99 Å². The van der Waals surface area contributed by atoms with Crippen molar-refractivity contribution in [1.29, 1.82) is 0 Å². The van der Waals surface area contributed by atoms with Crippen LogP contribution in [-0.4, -0.2) is 57.1 Å². The molecular weight excluding hydrogens is 300 g/mol. The first-order chi connectivity index (χ1) is 10.2. The first kappa shape index (κ1) is 18.3. The lowest BCUT2D eigenvalue weighted by Crippen LogP contribution is -2.41. The molecule has 0 bridgehead atoms. The van der Waals surface area contributed by atoms with Crippen LogP contribution in [0.15, 0.2) is 22.5 Å². The van der Waals surface area contributed by atoms with Crippen LogP contribution in [0.3, 0.4) is 0 Å². The van der Waals surface area contributed by atoms with Crippen molar-refractivity contribution in [2.75, 3.05) is 46.2 Å². The fourth-order valence-corrected chi connectivity index (χ4v) is 3.43. The molecule has 0 fully saturated rings. The zero-order valence-corrected chi connectivity index (χ0v) is 15.2. The minimum Gasteiger partial charge on any atom is -0.356 e. The van der Waals surface area contributed by atoms with E-state index in [4.69, 9.17) is 0 Å². The highest BCUT2D eigenvalue weighted by atomic mass is 32.2. The Balaban J connectivity index is 2.35. The zero-order chi connectivity index (χ0) is 15.5. The van der Waals surface area contributed by atoms with Gasteiger partial charge in [-0.2, -0.15) is 11.8 Å². The Kier molecular flexibility index (Phi) is 9.54. The summed E-state index contributed by atoms with van der Waals surface area (Å²) in [7, 11) is 6.06. The van der Waals surface area contributed by atoms with Crippen LogP contribution in [0.2, 0.25) is 0 Å². The van der Waals surface area contributed by atoms with Crippen molar-refractivity contribution in [3.63, 3.8) is 0 Å². The van der Waals surface area contributed by atoms with E-state index in [1.807, 2.05) is 18.8 Å². The van der Waals surface area contributed by atoms with Crippen molar-refractivity contribution in [3.8, 4) is 0 Å². The van der Waals surface area contributed by atoms with Crippen molar-refractivity contribution in [2.24, 2.45) is 4.99 Å². The largest absolute Gasteiger partial charge is 0.356 e. The van der Waals surface area contributed by atoms with Gasteiger partial charge in [0.2, 0.25) is 0 Å². The molecule has 0 amide bonds. The van der Waals surface area contributed by atoms with Gasteiger partial charge in [0.1, 0.15) is 0 Å². The second-order valence-electron chi connectivity index (χ2n) is 5.07. The van der Waals surface area contributed by atoms with E-state index in [1.54, 1.807) is 11.3 Å². The maximum Gasteiger partial charge on any atom is 0.191 e. The smallest absolute Gasteiger partial charge is 0.191 e. The van der Waals surface area contributed by atoms with Gasteiger partial charge in [-0.15, -0.1) is 11.3 Å². The number of likely N-dealkylation sites (N-methyl/N-ethyl adjacent to an activating group) is 1. The Bertz CT molecular complexity index is 390. The molecule has 0 radical (unpaired) electrons. The molecule has 21 heavy (non-hydrogen) atoms. The van der Waals surface area contributed by atoms with Gasteiger partial charge in [-0.05, 0) is 50.4 Å². The number of guanidine groups is 1. The van der Waals surface area contributed by atoms with Gasteiger partial charge in [-0.1, -0.05) is 6.07 Å². The molecule has 1 atom stereocenters. The quantitative estimate of drug-likeness (QED) is 0.415. The standard InChI is InChI=1S/C15H28N4S2/c1-16-15(17-9-5-6-10-20-4)18-12-13(19(2)3)14-8-7-11-21-14/h7-8,11,13H,5-6,9-10,12H2,1-4H3,(H2,16,17,18). The Morgan fingerprint density at radius 1 is 1.38 bits per heavy atom. The fourth-order valence-electron chi connectivity index (χ4n) is 2.01. The Hall–Kier alpha value is -0.720. The van der Waals surface area contributed by atoms with Crippen molar-refractivity contribution >= 4 is 29.1 Å². The van der Waals surface area contributed by atoms with E-state index >= 15 is 0 Å². The van der Waals surface area contributed by atoms with Crippen molar-refractivity contribution in [3.05, 3.63) is 22.4 Å². The maximum atomic E-state index is 4.29. The molecule has 0 saturated heterocycles. The Labute approximate surface area is 137 Å². The Morgan fingerprint density at radius 3 is 2.76 bits per heavy atom. The van der Waals surface area contributed by atoms with Gasteiger partial charge in [-0.25, -0.2) is 0 Å². The first-order valence-electron chi connectivity index (χ1n) is 7.32. The lowest BCUT2D eigenvalue weighted by Gasteiger charge is -2.24. The van der Waals surface area contributed by atoms with Crippen LogP contribution in [0, 0.1) is 0 Å². The normalized spacial score (nSPS) is 13.5. The lowest BCUT2D eigenvalue weighted by molar-refractivity contribution is 0.302. The first-order valence-corrected chi connectivity index (χ1v) is 9.59. The minimum atomic E-state index is 0.375. The molecule has 1 aromatic heterocycles. The summed E-state index contributed by atoms with van der Waals surface area (Å²) in [5, 5.41) is 8.94. The number of unbranched alkanes of at least 4 members (excludes halogenated alkanes) is 1. The number of rotatable bonds is 9. The van der Waals surface area contributed by atoms with Crippen molar-refractivity contribution < 1.29 is 0 Å². The topological polar surface area (TPSA) is 39.7 Å². The average molecular weight is 329 g/mol. The number of thioether (sulfide) groups is 1. The van der Waals surface area contributed by atoms with Crippen LogP contribution in [0.1, 0.15) is 23.8 Å². The van der Waals surface area contributed by atoms with Gasteiger partial charge < -0.3 is 15.5 Å². The van der Waals surface area contributed by atoms with E-state index in [0.29, 0.717) is 6.04 Å². The number of nitrogens with zero attached hydrogens (tertiary/aromatic N) is 2. The Morgan fingerprint density at radius 2 is 2.19 bits per heavy atom. The summed E-state index contributed by atoms with van der Waals surface area (Å²) in [5.41, 5.74) is 0. The molecule has 1 rings (SSSR count). The third-order valence-electron chi connectivity index (χ3n) is 3.25. The predicted molar refractivity (Wildman–Crippen MR) is 97.7 cm³/mol. The number of hydrogen-bond acceptors (Lipinski definition) is 4. The number of nitrogens with one attached hydrogen (secondary N) is 2. The predicted octanol–water partition coefficient (Wildman–Crippen LogP) is 2.66. The van der Waals surface area contributed by atoms with Gasteiger partial charge >= 0.3 is 0 Å². The molecule has 4 nitrogen and oxygen atoms in total. The summed E-state index contributed by atoms with van der Waals surface area (Å²) >= 11 is 3.71. The van der Waals surface area contributed by atoms with Crippen molar-refractivity contribution in [2.45, 2.75) is 18.9 Å². The van der Waals surface area contributed by atoms with Gasteiger partial charge in [0.25, 0.3) is 0 Å².